The first-order chi connectivity index (χ1) is 10.1. The Kier molecular flexibility index (Phi) is 2.65. The number of halogens is 2. The van der Waals surface area contributed by atoms with Gasteiger partial charge in [-0.1, -0.05) is 11.3 Å². The molecule has 21 heavy (non-hydrogen) atoms. The number of aryl methyl sites for hydroxylation is 1. The van der Waals surface area contributed by atoms with E-state index < -0.39 is 11.6 Å². The van der Waals surface area contributed by atoms with Gasteiger partial charge >= 0.3 is 0 Å². The van der Waals surface area contributed by atoms with Crippen LogP contribution in [0.2, 0.25) is 0 Å². The van der Waals surface area contributed by atoms with E-state index in [2.05, 4.69) is 9.97 Å². The van der Waals surface area contributed by atoms with Crippen LogP contribution in [0.25, 0.3) is 20.9 Å². The van der Waals surface area contributed by atoms with E-state index in [1.54, 1.807) is 4.57 Å². The molecule has 0 spiro atoms. The summed E-state index contributed by atoms with van der Waals surface area (Å²) in [5.41, 5.74) is 0.414. The molecule has 3 heterocycles. The van der Waals surface area contributed by atoms with Crippen molar-refractivity contribution in [3.05, 3.63) is 46.0 Å². The Morgan fingerprint density at radius 2 is 1.90 bits per heavy atom. The van der Waals surface area contributed by atoms with Crippen molar-refractivity contribution in [2.24, 2.45) is 0 Å². The molecule has 0 N–H and O–H groups in total. The quantitative estimate of drug-likeness (QED) is 0.694. The fourth-order valence-electron chi connectivity index (χ4n) is 2.57. The highest BCUT2D eigenvalue weighted by molar-refractivity contribution is 7.21. The van der Waals surface area contributed by atoms with Crippen LogP contribution >= 0.6 is 11.3 Å². The molecule has 3 aromatic rings. The first-order valence-electron chi connectivity index (χ1n) is 6.48. The molecule has 0 unspecified atom stereocenters. The predicted octanol–water partition coefficient (Wildman–Crippen LogP) is 2.74. The van der Waals surface area contributed by atoms with Gasteiger partial charge in [-0.05, 0) is 18.6 Å². The number of nitrogens with zero attached hydrogens (tertiary/aromatic N) is 3. The zero-order valence-corrected chi connectivity index (χ0v) is 11.6. The fourth-order valence-corrected chi connectivity index (χ4v) is 3.50. The minimum Gasteiger partial charge on any atom is -0.295 e. The molecule has 7 heteroatoms. The Hall–Kier alpha value is -2.15. The summed E-state index contributed by atoms with van der Waals surface area (Å²) < 4.78 is 28.2. The number of rotatable bonds is 1. The molecule has 4 nitrogen and oxygen atoms in total. The van der Waals surface area contributed by atoms with Gasteiger partial charge in [0.2, 0.25) is 0 Å². The standard InChI is InChI=1S/C14H9F2N3OS/c15-8-4-7(5-9(16)6-8)12-18-11-13(21-12)17-10-2-1-3-19(10)14(11)20/h4-6H,1-3H2. The van der Waals surface area contributed by atoms with Gasteiger partial charge in [-0.3, -0.25) is 9.36 Å². The third-order valence-electron chi connectivity index (χ3n) is 3.49. The van der Waals surface area contributed by atoms with Gasteiger partial charge in [0.1, 0.15) is 22.5 Å². The Morgan fingerprint density at radius 3 is 2.67 bits per heavy atom. The molecule has 1 aliphatic heterocycles. The topological polar surface area (TPSA) is 47.8 Å². The predicted molar refractivity (Wildman–Crippen MR) is 75.3 cm³/mol. The maximum absolute atomic E-state index is 13.3. The second-order valence-electron chi connectivity index (χ2n) is 4.92. The summed E-state index contributed by atoms with van der Waals surface area (Å²) in [5.74, 6) is -0.582. The average molecular weight is 305 g/mol. The average Bonchev–Trinajstić information content (AvgIpc) is 3.04. The molecule has 1 aromatic carbocycles. The zero-order chi connectivity index (χ0) is 14.6. The highest BCUT2D eigenvalue weighted by atomic mass is 32.1. The lowest BCUT2D eigenvalue weighted by molar-refractivity contribution is 0.584. The van der Waals surface area contributed by atoms with Crippen LogP contribution in [0.4, 0.5) is 8.78 Å². The van der Waals surface area contributed by atoms with Gasteiger partial charge in [0.05, 0.1) is 0 Å². The summed E-state index contributed by atoms with van der Waals surface area (Å²) in [7, 11) is 0. The summed E-state index contributed by atoms with van der Waals surface area (Å²) in [5, 5.41) is 0.400. The van der Waals surface area contributed by atoms with E-state index in [1.807, 2.05) is 0 Å². The third-order valence-corrected chi connectivity index (χ3v) is 4.49. The van der Waals surface area contributed by atoms with Crippen molar-refractivity contribution >= 4 is 21.7 Å². The van der Waals surface area contributed by atoms with Gasteiger partial charge in [-0.25, -0.2) is 18.7 Å². The molecule has 0 aliphatic carbocycles. The van der Waals surface area contributed by atoms with Crippen molar-refractivity contribution in [2.75, 3.05) is 0 Å². The zero-order valence-electron chi connectivity index (χ0n) is 10.8. The van der Waals surface area contributed by atoms with Crippen LogP contribution in [0.1, 0.15) is 12.2 Å². The number of fused-ring (bicyclic) bond motifs is 2. The molecule has 0 amide bonds. The first kappa shape index (κ1) is 12.6. The number of thiazole rings is 1. The molecule has 2 aromatic heterocycles. The molecule has 0 saturated heterocycles. The van der Waals surface area contributed by atoms with E-state index >= 15 is 0 Å². The second-order valence-corrected chi connectivity index (χ2v) is 5.90. The maximum atomic E-state index is 13.3. The van der Waals surface area contributed by atoms with Gasteiger partial charge in [-0.15, -0.1) is 0 Å². The van der Waals surface area contributed by atoms with E-state index in [1.165, 1.54) is 23.5 Å². The monoisotopic (exact) mass is 305 g/mol. The minimum absolute atomic E-state index is 0.174. The number of hydrogen-bond donors (Lipinski definition) is 0. The van der Waals surface area contributed by atoms with Crippen LogP contribution in [0, 0.1) is 11.6 Å². The maximum Gasteiger partial charge on any atom is 0.280 e. The van der Waals surface area contributed by atoms with Gasteiger partial charge in [0, 0.05) is 24.6 Å². The summed E-state index contributed by atoms with van der Waals surface area (Å²) in [6, 6.07) is 3.21. The lowest BCUT2D eigenvalue weighted by atomic mass is 10.2. The van der Waals surface area contributed by atoms with Gasteiger partial charge in [0.15, 0.2) is 10.3 Å². The molecule has 0 radical (unpaired) electrons. The number of aromatic nitrogens is 3. The van der Waals surface area contributed by atoms with Crippen molar-refractivity contribution < 1.29 is 8.78 Å². The largest absolute Gasteiger partial charge is 0.295 e. The Morgan fingerprint density at radius 1 is 1.14 bits per heavy atom. The Balaban J connectivity index is 1.96. The summed E-state index contributed by atoms with van der Waals surface area (Å²) >= 11 is 1.18. The van der Waals surface area contributed by atoms with Gasteiger partial charge in [-0.2, -0.15) is 0 Å². The number of hydrogen-bond acceptors (Lipinski definition) is 4. The molecule has 0 atom stereocenters. The van der Waals surface area contributed by atoms with Crippen LogP contribution < -0.4 is 5.56 Å². The second kappa shape index (κ2) is 4.42. The van der Waals surface area contributed by atoms with Gasteiger partial charge < -0.3 is 0 Å². The fraction of sp³-hybridized carbons (Fsp3) is 0.214. The van der Waals surface area contributed by atoms with Crippen LogP contribution in [0.5, 0.6) is 0 Å². The van der Waals surface area contributed by atoms with Crippen LogP contribution in [-0.4, -0.2) is 14.5 Å². The van der Waals surface area contributed by atoms with E-state index in [-0.39, 0.29) is 11.1 Å². The Labute approximate surface area is 121 Å². The minimum atomic E-state index is -0.670. The van der Waals surface area contributed by atoms with Crippen molar-refractivity contribution in [3.63, 3.8) is 0 Å². The van der Waals surface area contributed by atoms with Crippen molar-refractivity contribution in [1.82, 2.24) is 14.5 Å². The summed E-state index contributed by atoms with van der Waals surface area (Å²) in [4.78, 5) is 21.5. The smallest absolute Gasteiger partial charge is 0.280 e. The van der Waals surface area contributed by atoms with E-state index in [0.29, 0.717) is 21.9 Å². The lowest BCUT2D eigenvalue weighted by Crippen LogP contribution is -2.20. The van der Waals surface area contributed by atoms with E-state index in [0.717, 1.165) is 24.7 Å². The molecule has 106 valence electrons. The molecular weight excluding hydrogens is 296 g/mol. The molecular formula is C14H9F2N3OS. The lowest BCUT2D eigenvalue weighted by Gasteiger charge is -1.99. The van der Waals surface area contributed by atoms with Crippen LogP contribution in [0.3, 0.4) is 0 Å². The van der Waals surface area contributed by atoms with E-state index in [4.69, 9.17) is 0 Å². The van der Waals surface area contributed by atoms with Crippen molar-refractivity contribution in [3.8, 4) is 10.6 Å². The molecule has 1 aliphatic rings. The third kappa shape index (κ3) is 1.96. The molecule has 4 rings (SSSR count). The SMILES string of the molecule is O=c1c2nc(-c3cc(F)cc(F)c3)sc2nc2n1CCC2. The highest BCUT2D eigenvalue weighted by Gasteiger charge is 2.19. The first-order valence-corrected chi connectivity index (χ1v) is 7.30. The molecule has 0 fully saturated rings. The summed E-state index contributed by atoms with van der Waals surface area (Å²) in [6.45, 7) is 0.651. The Bertz CT molecular complexity index is 912. The van der Waals surface area contributed by atoms with E-state index in [9.17, 15) is 13.6 Å². The van der Waals surface area contributed by atoms with Crippen molar-refractivity contribution in [2.45, 2.75) is 19.4 Å². The van der Waals surface area contributed by atoms with Crippen LogP contribution in [-0.2, 0) is 13.0 Å². The van der Waals surface area contributed by atoms with Crippen molar-refractivity contribution in [1.29, 1.82) is 0 Å². The van der Waals surface area contributed by atoms with Gasteiger partial charge in [0.25, 0.3) is 5.56 Å². The number of benzene rings is 1. The summed E-state index contributed by atoms with van der Waals surface area (Å²) in [6.07, 6.45) is 1.68. The highest BCUT2D eigenvalue weighted by Crippen LogP contribution is 2.29. The van der Waals surface area contributed by atoms with Crippen LogP contribution in [0.15, 0.2) is 23.0 Å². The normalized spacial score (nSPS) is 13.8. The molecule has 0 saturated carbocycles. The molecule has 0 bridgehead atoms.